The van der Waals surface area contributed by atoms with E-state index in [2.05, 4.69) is 46.4 Å². The molecule has 0 spiro atoms. The maximum Gasteiger partial charge on any atom is 0.122 e. The van der Waals surface area contributed by atoms with Gasteiger partial charge in [0, 0.05) is 39.3 Å². The standard InChI is InChI=1S/C25H24Cl2N2O/c1-30-25-12-5-2-7-18(25)13-14-28-15-19-16-29(24-11-4-3-8-20(19)24)17-21-22(26)9-6-10-23(21)27/h2-12,16,28H,13-15,17H2,1H3. The van der Waals surface area contributed by atoms with Gasteiger partial charge in [-0.15, -0.1) is 0 Å². The molecule has 0 saturated heterocycles. The van der Waals surface area contributed by atoms with E-state index in [9.17, 15) is 0 Å². The number of halogens is 2. The van der Waals surface area contributed by atoms with Crippen LogP contribution in [0.1, 0.15) is 16.7 Å². The predicted molar refractivity (Wildman–Crippen MR) is 126 cm³/mol. The Morgan fingerprint density at radius 2 is 1.60 bits per heavy atom. The molecule has 0 radical (unpaired) electrons. The second kappa shape index (κ2) is 9.57. The minimum absolute atomic E-state index is 0.639. The van der Waals surface area contributed by atoms with Crippen LogP contribution >= 0.6 is 23.2 Å². The molecule has 0 atom stereocenters. The van der Waals surface area contributed by atoms with Crippen LogP contribution in [0.3, 0.4) is 0 Å². The molecular weight excluding hydrogens is 415 g/mol. The molecule has 4 rings (SSSR count). The first-order valence-electron chi connectivity index (χ1n) is 9.99. The third-order valence-corrected chi connectivity index (χ3v) is 6.05. The Kier molecular flexibility index (Phi) is 6.63. The highest BCUT2D eigenvalue weighted by molar-refractivity contribution is 6.36. The molecule has 0 aliphatic heterocycles. The van der Waals surface area contributed by atoms with Crippen LogP contribution in [-0.4, -0.2) is 18.2 Å². The van der Waals surface area contributed by atoms with Crippen LogP contribution in [-0.2, 0) is 19.5 Å². The predicted octanol–water partition coefficient (Wildman–Crippen LogP) is 6.34. The SMILES string of the molecule is COc1ccccc1CCNCc1cn(Cc2c(Cl)cccc2Cl)c2ccccc12. The van der Waals surface area contributed by atoms with Crippen molar-refractivity contribution in [1.82, 2.24) is 9.88 Å². The van der Waals surface area contributed by atoms with Crippen LogP contribution < -0.4 is 10.1 Å². The van der Waals surface area contributed by atoms with Crippen molar-refractivity contribution in [3.63, 3.8) is 0 Å². The second-order valence-corrected chi connectivity index (χ2v) is 8.05. The van der Waals surface area contributed by atoms with Crippen molar-refractivity contribution < 1.29 is 4.74 Å². The van der Waals surface area contributed by atoms with Gasteiger partial charge in [0.05, 0.1) is 13.7 Å². The monoisotopic (exact) mass is 438 g/mol. The molecule has 0 amide bonds. The average molecular weight is 439 g/mol. The van der Waals surface area contributed by atoms with Gasteiger partial charge in [0.25, 0.3) is 0 Å². The van der Waals surface area contributed by atoms with Gasteiger partial charge in [-0.3, -0.25) is 0 Å². The Morgan fingerprint density at radius 1 is 0.867 bits per heavy atom. The Bertz CT molecular complexity index is 1130. The number of hydrogen-bond acceptors (Lipinski definition) is 2. The van der Waals surface area contributed by atoms with Crippen LogP contribution in [0, 0.1) is 0 Å². The maximum atomic E-state index is 6.40. The van der Waals surface area contributed by atoms with Crippen molar-refractivity contribution in [2.24, 2.45) is 0 Å². The first-order valence-corrected chi connectivity index (χ1v) is 10.7. The number of aromatic nitrogens is 1. The summed E-state index contributed by atoms with van der Waals surface area (Å²) in [6, 6.07) is 22.2. The molecule has 0 aliphatic carbocycles. The number of fused-ring (bicyclic) bond motifs is 1. The van der Waals surface area contributed by atoms with Crippen molar-refractivity contribution in [3.8, 4) is 5.75 Å². The largest absolute Gasteiger partial charge is 0.496 e. The van der Waals surface area contributed by atoms with Gasteiger partial charge >= 0.3 is 0 Å². The molecule has 1 N–H and O–H groups in total. The number of ether oxygens (including phenoxy) is 1. The summed E-state index contributed by atoms with van der Waals surface area (Å²) >= 11 is 12.8. The molecule has 1 heterocycles. The zero-order valence-electron chi connectivity index (χ0n) is 16.9. The van der Waals surface area contributed by atoms with Crippen molar-refractivity contribution in [2.45, 2.75) is 19.5 Å². The lowest BCUT2D eigenvalue weighted by Gasteiger charge is -2.09. The summed E-state index contributed by atoms with van der Waals surface area (Å²) in [5, 5.41) is 6.20. The fourth-order valence-electron chi connectivity index (χ4n) is 3.80. The molecule has 4 aromatic rings. The minimum atomic E-state index is 0.639. The highest BCUT2D eigenvalue weighted by atomic mass is 35.5. The summed E-state index contributed by atoms with van der Waals surface area (Å²) < 4.78 is 7.67. The molecule has 0 aliphatic rings. The second-order valence-electron chi connectivity index (χ2n) is 7.24. The quantitative estimate of drug-likeness (QED) is 0.325. The van der Waals surface area contributed by atoms with E-state index in [-0.39, 0.29) is 0 Å². The molecule has 30 heavy (non-hydrogen) atoms. The summed E-state index contributed by atoms with van der Waals surface area (Å²) in [4.78, 5) is 0. The number of rotatable bonds is 8. The molecule has 0 bridgehead atoms. The Balaban J connectivity index is 1.50. The topological polar surface area (TPSA) is 26.2 Å². The molecule has 5 heteroatoms. The van der Waals surface area contributed by atoms with E-state index in [1.165, 1.54) is 22.0 Å². The van der Waals surface area contributed by atoms with Crippen LogP contribution in [0.15, 0.2) is 72.9 Å². The van der Waals surface area contributed by atoms with Gasteiger partial charge < -0.3 is 14.6 Å². The van der Waals surface area contributed by atoms with Crippen molar-refractivity contribution in [2.75, 3.05) is 13.7 Å². The fraction of sp³-hybridized carbons (Fsp3) is 0.200. The Hall–Kier alpha value is -2.46. The maximum absolute atomic E-state index is 6.40. The molecule has 3 aromatic carbocycles. The lowest BCUT2D eigenvalue weighted by Crippen LogP contribution is -2.16. The van der Waals surface area contributed by atoms with E-state index < -0.39 is 0 Å². The smallest absolute Gasteiger partial charge is 0.122 e. The Labute approximate surface area is 187 Å². The number of hydrogen-bond donors (Lipinski definition) is 1. The lowest BCUT2D eigenvalue weighted by molar-refractivity contribution is 0.409. The third kappa shape index (κ3) is 4.49. The van der Waals surface area contributed by atoms with Gasteiger partial charge in [-0.05, 0) is 48.4 Å². The first kappa shape index (κ1) is 20.8. The highest BCUT2D eigenvalue weighted by Gasteiger charge is 2.12. The highest BCUT2D eigenvalue weighted by Crippen LogP contribution is 2.28. The number of nitrogens with one attached hydrogen (secondary N) is 1. The van der Waals surface area contributed by atoms with Gasteiger partial charge in [0.2, 0.25) is 0 Å². The van der Waals surface area contributed by atoms with Gasteiger partial charge in [0.1, 0.15) is 5.75 Å². The zero-order chi connectivity index (χ0) is 20.9. The number of para-hydroxylation sites is 2. The first-order chi connectivity index (χ1) is 14.7. The minimum Gasteiger partial charge on any atom is -0.496 e. The summed E-state index contributed by atoms with van der Waals surface area (Å²) in [7, 11) is 1.71. The third-order valence-electron chi connectivity index (χ3n) is 5.34. The van der Waals surface area contributed by atoms with Gasteiger partial charge in [0.15, 0.2) is 0 Å². The van der Waals surface area contributed by atoms with Crippen LogP contribution in [0.25, 0.3) is 10.9 Å². The molecular formula is C25H24Cl2N2O. The zero-order valence-corrected chi connectivity index (χ0v) is 18.4. The van der Waals surface area contributed by atoms with Crippen LogP contribution in [0.2, 0.25) is 10.0 Å². The summed E-state index contributed by atoms with van der Waals surface area (Å²) in [5.74, 6) is 0.938. The average Bonchev–Trinajstić information content (AvgIpc) is 3.12. The molecule has 154 valence electrons. The van der Waals surface area contributed by atoms with E-state index in [4.69, 9.17) is 27.9 Å². The van der Waals surface area contributed by atoms with E-state index >= 15 is 0 Å². The fourth-order valence-corrected chi connectivity index (χ4v) is 4.32. The molecule has 0 unspecified atom stereocenters. The normalized spacial score (nSPS) is 11.2. The number of methoxy groups -OCH3 is 1. The van der Waals surface area contributed by atoms with Gasteiger partial charge in [-0.25, -0.2) is 0 Å². The summed E-state index contributed by atoms with van der Waals surface area (Å²) in [6.07, 6.45) is 3.11. The van der Waals surface area contributed by atoms with E-state index in [1.807, 2.05) is 36.4 Å². The number of benzene rings is 3. The van der Waals surface area contributed by atoms with Crippen LogP contribution in [0.5, 0.6) is 5.75 Å². The van der Waals surface area contributed by atoms with Crippen LogP contribution in [0.4, 0.5) is 0 Å². The van der Waals surface area contributed by atoms with Crippen molar-refractivity contribution >= 4 is 34.1 Å². The van der Waals surface area contributed by atoms with E-state index in [0.29, 0.717) is 16.6 Å². The van der Waals surface area contributed by atoms with Gasteiger partial charge in [-0.1, -0.05) is 65.7 Å². The molecule has 1 aromatic heterocycles. The summed E-state index contributed by atoms with van der Waals surface area (Å²) in [5.41, 5.74) is 4.59. The van der Waals surface area contributed by atoms with Crippen molar-refractivity contribution in [1.29, 1.82) is 0 Å². The molecule has 0 fully saturated rings. The van der Waals surface area contributed by atoms with Gasteiger partial charge in [-0.2, -0.15) is 0 Å². The van der Waals surface area contributed by atoms with E-state index in [1.54, 1.807) is 7.11 Å². The molecule has 3 nitrogen and oxygen atoms in total. The summed E-state index contributed by atoms with van der Waals surface area (Å²) in [6.45, 7) is 2.30. The molecule has 0 saturated carbocycles. The Morgan fingerprint density at radius 3 is 2.40 bits per heavy atom. The van der Waals surface area contributed by atoms with Crippen molar-refractivity contribution in [3.05, 3.63) is 99.7 Å². The lowest BCUT2D eigenvalue weighted by atomic mass is 10.1. The van der Waals surface area contributed by atoms with E-state index in [0.717, 1.165) is 30.8 Å². The number of nitrogens with zero attached hydrogens (tertiary/aromatic N) is 1.